The number of nitrogens with one attached hydrogen (secondary N) is 1. The van der Waals surface area contributed by atoms with Gasteiger partial charge in [0, 0.05) is 32.2 Å². The van der Waals surface area contributed by atoms with E-state index in [9.17, 15) is 26.4 Å². The molecule has 1 amide bonds. The summed E-state index contributed by atoms with van der Waals surface area (Å²) in [6.45, 7) is 3.38. The van der Waals surface area contributed by atoms with Crippen LogP contribution in [0, 0.1) is 5.92 Å². The van der Waals surface area contributed by atoms with Crippen LogP contribution in [0.2, 0.25) is 0 Å². The van der Waals surface area contributed by atoms with Crippen LogP contribution in [0.15, 0.2) is 29.2 Å². The summed E-state index contributed by atoms with van der Waals surface area (Å²) in [6, 6.07) is 4.00. The number of nitrogens with zero attached hydrogens (tertiary/aromatic N) is 2. The minimum absolute atomic E-state index is 0.0660. The SMILES string of the molecule is CC1CCC(NC(=O)CN2CCN(S(=O)(=O)c3cccc(C(F)(F)F)c3)CC2)CC1. The second-order valence-electron chi connectivity index (χ2n) is 8.23. The van der Waals surface area contributed by atoms with Crippen LogP contribution in [0.4, 0.5) is 13.2 Å². The quantitative estimate of drug-likeness (QED) is 0.754. The van der Waals surface area contributed by atoms with Crippen LogP contribution in [0.1, 0.15) is 38.2 Å². The molecule has 0 radical (unpaired) electrons. The molecule has 0 unspecified atom stereocenters. The standard InChI is InChI=1S/C20H28F3N3O3S/c1-15-5-7-17(8-6-15)24-19(27)14-25-9-11-26(12-10-25)30(28,29)18-4-2-3-16(13-18)20(21,22)23/h2-4,13,15,17H,5-12,14H2,1H3,(H,24,27). The van der Waals surface area contributed by atoms with Gasteiger partial charge >= 0.3 is 6.18 Å². The minimum Gasteiger partial charge on any atom is -0.352 e. The first-order valence-corrected chi connectivity index (χ1v) is 11.7. The monoisotopic (exact) mass is 447 g/mol. The fourth-order valence-corrected chi connectivity index (χ4v) is 5.46. The van der Waals surface area contributed by atoms with E-state index in [-0.39, 0.29) is 36.5 Å². The molecular weight excluding hydrogens is 419 g/mol. The molecule has 168 valence electrons. The zero-order chi connectivity index (χ0) is 21.9. The molecule has 6 nitrogen and oxygen atoms in total. The van der Waals surface area contributed by atoms with E-state index in [0.717, 1.165) is 37.8 Å². The lowest BCUT2D eigenvalue weighted by atomic mass is 9.87. The normalized spacial score (nSPS) is 24.5. The molecule has 2 aliphatic rings. The minimum atomic E-state index is -4.60. The first kappa shape index (κ1) is 23.0. The molecule has 1 heterocycles. The Kier molecular flexibility index (Phi) is 7.09. The van der Waals surface area contributed by atoms with Gasteiger partial charge in [0.05, 0.1) is 17.0 Å². The van der Waals surface area contributed by atoms with Crippen molar-refractivity contribution < 1.29 is 26.4 Å². The average Bonchev–Trinajstić information content (AvgIpc) is 2.69. The van der Waals surface area contributed by atoms with Crippen LogP contribution in [0.5, 0.6) is 0 Å². The number of rotatable bonds is 5. The van der Waals surface area contributed by atoms with Gasteiger partial charge in [-0.25, -0.2) is 8.42 Å². The predicted octanol–water partition coefficient (Wildman–Crippen LogP) is 2.71. The summed E-state index contributed by atoms with van der Waals surface area (Å²) in [4.78, 5) is 13.8. The smallest absolute Gasteiger partial charge is 0.352 e. The number of sulfonamides is 1. The van der Waals surface area contributed by atoms with Gasteiger partial charge in [-0.05, 0) is 49.8 Å². The maximum absolute atomic E-state index is 12.9. The molecule has 1 aromatic rings. The number of carbonyl (C=O) groups excluding carboxylic acids is 1. The van der Waals surface area contributed by atoms with Gasteiger partial charge in [0.25, 0.3) is 0 Å². The van der Waals surface area contributed by atoms with Gasteiger partial charge in [0.2, 0.25) is 15.9 Å². The Balaban J connectivity index is 1.53. The fraction of sp³-hybridized carbons (Fsp3) is 0.650. The van der Waals surface area contributed by atoms with Crippen LogP contribution in [-0.4, -0.2) is 62.3 Å². The molecule has 30 heavy (non-hydrogen) atoms. The summed E-state index contributed by atoms with van der Waals surface area (Å²) < 4.78 is 65.4. The molecule has 1 aromatic carbocycles. The van der Waals surface area contributed by atoms with Crippen LogP contribution >= 0.6 is 0 Å². The van der Waals surface area contributed by atoms with Crippen molar-refractivity contribution in [3.8, 4) is 0 Å². The van der Waals surface area contributed by atoms with Gasteiger partial charge in [-0.2, -0.15) is 17.5 Å². The maximum atomic E-state index is 12.9. The lowest BCUT2D eigenvalue weighted by Crippen LogP contribution is -2.52. The zero-order valence-corrected chi connectivity index (χ0v) is 17.8. The largest absolute Gasteiger partial charge is 0.416 e. The number of piperazine rings is 1. The lowest BCUT2D eigenvalue weighted by Gasteiger charge is -2.34. The molecule has 0 atom stereocenters. The third-order valence-corrected chi connectivity index (χ3v) is 7.77. The third-order valence-electron chi connectivity index (χ3n) is 5.88. The summed E-state index contributed by atoms with van der Waals surface area (Å²) >= 11 is 0. The van der Waals surface area contributed by atoms with Crippen LogP contribution < -0.4 is 5.32 Å². The Hall–Kier alpha value is -1.65. The Bertz CT molecular complexity index is 844. The predicted molar refractivity (Wildman–Crippen MR) is 106 cm³/mol. The Morgan fingerprint density at radius 1 is 1.10 bits per heavy atom. The fourth-order valence-electron chi connectivity index (χ4n) is 3.99. The van der Waals surface area contributed by atoms with E-state index >= 15 is 0 Å². The Morgan fingerprint density at radius 2 is 1.73 bits per heavy atom. The highest BCUT2D eigenvalue weighted by molar-refractivity contribution is 7.89. The van der Waals surface area contributed by atoms with Gasteiger partial charge in [0.15, 0.2) is 0 Å². The summed E-state index contributed by atoms with van der Waals surface area (Å²) in [6.07, 6.45) is -0.423. The van der Waals surface area contributed by atoms with Gasteiger partial charge in [0.1, 0.15) is 0 Å². The summed E-state index contributed by atoms with van der Waals surface area (Å²) in [5, 5.41) is 3.06. The van der Waals surface area contributed by atoms with E-state index in [4.69, 9.17) is 0 Å². The molecule has 0 bridgehead atoms. The number of carbonyl (C=O) groups is 1. The van der Waals surface area contributed by atoms with Gasteiger partial charge in [-0.15, -0.1) is 0 Å². The van der Waals surface area contributed by atoms with Crippen LogP contribution in [0.25, 0.3) is 0 Å². The number of hydrogen-bond donors (Lipinski definition) is 1. The van der Waals surface area contributed by atoms with E-state index in [1.54, 1.807) is 0 Å². The first-order valence-electron chi connectivity index (χ1n) is 10.2. The number of halogens is 3. The van der Waals surface area contributed by atoms with Crippen molar-refractivity contribution in [1.29, 1.82) is 0 Å². The Labute approximate surface area is 175 Å². The third kappa shape index (κ3) is 5.73. The van der Waals surface area contributed by atoms with Crippen LogP contribution in [-0.2, 0) is 21.0 Å². The van der Waals surface area contributed by atoms with Crippen molar-refractivity contribution in [1.82, 2.24) is 14.5 Å². The molecule has 1 aliphatic carbocycles. The van der Waals surface area contributed by atoms with Crippen molar-refractivity contribution in [3.63, 3.8) is 0 Å². The van der Waals surface area contributed by atoms with Crippen molar-refractivity contribution in [2.75, 3.05) is 32.7 Å². The summed E-state index contributed by atoms with van der Waals surface area (Å²) in [7, 11) is -4.02. The van der Waals surface area contributed by atoms with E-state index in [0.29, 0.717) is 25.1 Å². The summed E-state index contributed by atoms with van der Waals surface area (Å²) in [5.74, 6) is 0.633. The van der Waals surface area contributed by atoms with E-state index in [2.05, 4.69) is 12.2 Å². The van der Waals surface area contributed by atoms with Crippen molar-refractivity contribution in [3.05, 3.63) is 29.8 Å². The van der Waals surface area contributed by atoms with Gasteiger partial charge in [-0.3, -0.25) is 9.69 Å². The van der Waals surface area contributed by atoms with E-state index in [1.807, 2.05) is 4.90 Å². The van der Waals surface area contributed by atoms with Crippen LogP contribution in [0.3, 0.4) is 0 Å². The molecule has 0 spiro atoms. The molecule has 10 heteroatoms. The molecule has 1 N–H and O–H groups in total. The second kappa shape index (κ2) is 9.23. The van der Waals surface area contributed by atoms with Crippen molar-refractivity contribution >= 4 is 15.9 Å². The number of hydrogen-bond acceptors (Lipinski definition) is 4. The molecule has 1 saturated carbocycles. The molecule has 2 fully saturated rings. The molecule has 3 rings (SSSR count). The van der Waals surface area contributed by atoms with Crippen molar-refractivity contribution in [2.45, 2.75) is 49.7 Å². The van der Waals surface area contributed by atoms with E-state index < -0.39 is 21.8 Å². The Morgan fingerprint density at radius 3 is 2.33 bits per heavy atom. The topological polar surface area (TPSA) is 69.7 Å². The van der Waals surface area contributed by atoms with Crippen molar-refractivity contribution in [2.24, 2.45) is 5.92 Å². The average molecular weight is 448 g/mol. The maximum Gasteiger partial charge on any atom is 0.416 e. The highest BCUT2D eigenvalue weighted by Gasteiger charge is 2.34. The highest BCUT2D eigenvalue weighted by Crippen LogP contribution is 2.31. The number of amides is 1. The second-order valence-corrected chi connectivity index (χ2v) is 10.2. The molecule has 1 saturated heterocycles. The van der Waals surface area contributed by atoms with Gasteiger partial charge in [-0.1, -0.05) is 13.0 Å². The van der Waals surface area contributed by atoms with Gasteiger partial charge < -0.3 is 5.32 Å². The molecular formula is C20H28F3N3O3S. The summed E-state index contributed by atoms with van der Waals surface area (Å²) in [5.41, 5.74) is -0.990. The van der Waals surface area contributed by atoms with E-state index in [1.165, 1.54) is 10.4 Å². The zero-order valence-electron chi connectivity index (χ0n) is 17.0. The number of benzene rings is 1. The number of alkyl halides is 3. The highest BCUT2D eigenvalue weighted by atomic mass is 32.2. The molecule has 1 aliphatic heterocycles. The molecule has 0 aromatic heterocycles. The first-order chi connectivity index (χ1) is 14.1. The lowest BCUT2D eigenvalue weighted by molar-refractivity contribution is -0.137.